The third-order valence-corrected chi connectivity index (χ3v) is 2.65. The number of hydrogen-bond acceptors (Lipinski definition) is 3. The number of hydrogen-bond donors (Lipinski definition) is 2. The molecule has 78 valence electrons. The normalized spacial score (nSPS) is 9.67. The SMILES string of the molecule is CCc1cc(C#N)c(S)c(CC(=O)O)c1. The molecule has 0 saturated carbocycles. The smallest absolute Gasteiger partial charge is 0.307 e. The van der Waals surface area contributed by atoms with Gasteiger partial charge in [-0.05, 0) is 23.6 Å². The largest absolute Gasteiger partial charge is 0.481 e. The number of carboxylic acid groups (broad SMARTS) is 1. The topological polar surface area (TPSA) is 61.1 Å². The summed E-state index contributed by atoms with van der Waals surface area (Å²) < 4.78 is 0. The van der Waals surface area contributed by atoms with Crippen molar-refractivity contribution in [3.05, 3.63) is 28.8 Å². The van der Waals surface area contributed by atoms with Crippen LogP contribution < -0.4 is 0 Å². The first-order chi connectivity index (χ1) is 7.08. The molecule has 0 fully saturated rings. The van der Waals surface area contributed by atoms with E-state index in [-0.39, 0.29) is 6.42 Å². The van der Waals surface area contributed by atoms with Crippen LogP contribution in [0.25, 0.3) is 0 Å². The fourth-order valence-electron chi connectivity index (χ4n) is 1.35. The number of aliphatic carboxylic acids is 1. The number of thiol groups is 1. The molecule has 1 aromatic rings. The molecule has 0 aliphatic carbocycles. The van der Waals surface area contributed by atoms with Crippen molar-refractivity contribution in [3.8, 4) is 6.07 Å². The van der Waals surface area contributed by atoms with E-state index >= 15 is 0 Å². The highest BCUT2D eigenvalue weighted by Gasteiger charge is 2.10. The summed E-state index contributed by atoms with van der Waals surface area (Å²) in [4.78, 5) is 11.1. The maximum Gasteiger partial charge on any atom is 0.307 e. The van der Waals surface area contributed by atoms with Crippen molar-refractivity contribution in [1.82, 2.24) is 0 Å². The highest BCUT2D eigenvalue weighted by molar-refractivity contribution is 7.80. The van der Waals surface area contributed by atoms with Crippen molar-refractivity contribution in [2.24, 2.45) is 0 Å². The first kappa shape index (κ1) is 11.6. The fourth-order valence-corrected chi connectivity index (χ4v) is 1.61. The molecular formula is C11H11NO2S. The minimum atomic E-state index is -0.914. The van der Waals surface area contributed by atoms with Crippen LogP contribution in [0.15, 0.2) is 17.0 Å². The molecule has 1 N–H and O–H groups in total. The summed E-state index contributed by atoms with van der Waals surface area (Å²) in [5.74, 6) is -0.914. The van der Waals surface area contributed by atoms with E-state index in [0.29, 0.717) is 16.0 Å². The van der Waals surface area contributed by atoms with Gasteiger partial charge in [0.15, 0.2) is 0 Å². The Labute approximate surface area is 93.8 Å². The van der Waals surface area contributed by atoms with Crippen LogP contribution in [0.2, 0.25) is 0 Å². The van der Waals surface area contributed by atoms with Gasteiger partial charge < -0.3 is 5.11 Å². The van der Waals surface area contributed by atoms with E-state index in [2.05, 4.69) is 12.6 Å². The maximum atomic E-state index is 10.6. The van der Waals surface area contributed by atoms with E-state index in [0.717, 1.165) is 12.0 Å². The lowest BCUT2D eigenvalue weighted by Gasteiger charge is -2.07. The molecule has 3 nitrogen and oxygen atoms in total. The van der Waals surface area contributed by atoms with Gasteiger partial charge in [0, 0.05) is 4.90 Å². The summed E-state index contributed by atoms with van der Waals surface area (Å²) in [6, 6.07) is 5.55. The van der Waals surface area contributed by atoms with Gasteiger partial charge in [-0.3, -0.25) is 4.79 Å². The molecular weight excluding hydrogens is 210 g/mol. The number of aryl methyl sites for hydroxylation is 1. The summed E-state index contributed by atoms with van der Waals surface area (Å²) in [7, 11) is 0. The summed E-state index contributed by atoms with van der Waals surface area (Å²) in [5.41, 5.74) is 2.00. The van der Waals surface area contributed by atoms with E-state index in [1.54, 1.807) is 12.1 Å². The molecule has 0 unspecified atom stereocenters. The third kappa shape index (κ3) is 2.74. The number of rotatable bonds is 3. The molecule has 0 aliphatic rings. The summed E-state index contributed by atoms with van der Waals surface area (Å²) in [5, 5.41) is 17.6. The predicted molar refractivity (Wildman–Crippen MR) is 59.1 cm³/mol. The first-order valence-electron chi connectivity index (χ1n) is 4.55. The van der Waals surface area contributed by atoms with Crippen molar-refractivity contribution in [1.29, 1.82) is 5.26 Å². The Hall–Kier alpha value is -1.47. The average molecular weight is 221 g/mol. The van der Waals surface area contributed by atoms with Gasteiger partial charge in [-0.25, -0.2) is 0 Å². The summed E-state index contributed by atoms with van der Waals surface area (Å²) in [6.07, 6.45) is 0.677. The molecule has 0 amide bonds. The lowest BCUT2D eigenvalue weighted by molar-refractivity contribution is -0.136. The Morgan fingerprint density at radius 3 is 2.73 bits per heavy atom. The second-order valence-electron chi connectivity index (χ2n) is 3.19. The van der Waals surface area contributed by atoms with Crippen molar-refractivity contribution >= 4 is 18.6 Å². The van der Waals surface area contributed by atoms with E-state index in [1.807, 2.05) is 13.0 Å². The molecule has 1 rings (SSSR count). The number of nitriles is 1. The number of carbonyl (C=O) groups is 1. The maximum absolute atomic E-state index is 10.6. The van der Waals surface area contributed by atoms with Gasteiger partial charge in [0.05, 0.1) is 12.0 Å². The van der Waals surface area contributed by atoms with Gasteiger partial charge in [-0.1, -0.05) is 13.0 Å². The Morgan fingerprint density at radius 1 is 1.60 bits per heavy atom. The number of nitrogens with zero attached hydrogens (tertiary/aromatic N) is 1. The summed E-state index contributed by atoms with van der Waals surface area (Å²) >= 11 is 4.17. The van der Waals surface area contributed by atoms with E-state index in [1.165, 1.54) is 0 Å². The predicted octanol–water partition coefficient (Wildman–Crippen LogP) is 2.04. The van der Waals surface area contributed by atoms with Crippen LogP contribution >= 0.6 is 12.6 Å². The molecule has 0 saturated heterocycles. The second-order valence-corrected chi connectivity index (χ2v) is 3.63. The Bertz CT molecular complexity index is 435. The zero-order valence-corrected chi connectivity index (χ0v) is 9.21. The third-order valence-electron chi connectivity index (χ3n) is 2.12. The lowest BCUT2D eigenvalue weighted by Crippen LogP contribution is -2.03. The molecule has 0 heterocycles. The van der Waals surface area contributed by atoms with E-state index < -0.39 is 5.97 Å². The molecule has 0 radical (unpaired) electrons. The van der Waals surface area contributed by atoms with Gasteiger partial charge in [0.25, 0.3) is 0 Å². The van der Waals surface area contributed by atoms with Crippen molar-refractivity contribution in [2.45, 2.75) is 24.7 Å². The molecule has 4 heteroatoms. The average Bonchev–Trinajstić information content (AvgIpc) is 2.20. The standard InChI is InChI=1S/C11H11NO2S/c1-2-7-3-8(5-10(13)14)11(15)9(4-7)6-12/h3-4,15H,2,5H2,1H3,(H,13,14). The van der Waals surface area contributed by atoms with Gasteiger partial charge in [-0.2, -0.15) is 5.26 Å². The molecule has 15 heavy (non-hydrogen) atoms. The minimum Gasteiger partial charge on any atom is -0.481 e. The van der Waals surface area contributed by atoms with E-state index in [9.17, 15) is 4.79 Å². The quantitative estimate of drug-likeness (QED) is 0.768. The Kier molecular flexibility index (Phi) is 3.75. The van der Waals surface area contributed by atoms with Crippen LogP contribution in [0.5, 0.6) is 0 Å². The second kappa shape index (κ2) is 4.85. The fraction of sp³-hybridized carbons (Fsp3) is 0.273. The van der Waals surface area contributed by atoms with Crippen LogP contribution in [0.1, 0.15) is 23.6 Å². The van der Waals surface area contributed by atoms with Gasteiger partial charge in [-0.15, -0.1) is 12.6 Å². The molecule has 0 aromatic heterocycles. The first-order valence-corrected chi connectivity index (χ1v) is 4.99. The summed E-state index contributed by atoms with van der Waals surface area (Å²) in [6.45, 7) is 1.96. The van der Waals surface area contributed by atoms with Crippen LogP contribution in [0, 0.1) is 11.3 Å². The van der Waals surface area contributed by atoms with Crippen LogP contribution in [0.4, 0.5) is 0 Å². The van der Waals surface area contributed by atoms with Crippen molar-refractivity contribution < 1.29 is 9.90 Å². The van der Waals surface area contributed by atoms with Gasteiger partial charge in [0.1, 0.15) is 6.07 Å². The molecule has 0 aliphatic heterocycles. The monoisotopic (exact) mass is 221 g/mol. The zero-order chi connectivity index (χ0) is 11.4. The van der Waals surface area contributed by atoms with Crippen LogP contribution in [0.3, 0.4) is 0 Å². The molecule has 0 spiro atoms. The van der Waals surface area contributed by atoms with Crippen LogP contribution in [-0.4, -0.2) is 11.1 Å². The number of benzene rings is 1. The minimum absolute atomic E-state index is 0.0959. The molecule has 0 atom stereocenters. The van der Waals surface area contributed by atoms with Crippen molar-refractivity contribution in [3.63, 3.8) is 0 Å². The number of carboxylic acids is 1. The molecule has 0 bridgehead atoms. The Morgan fingerprint density at radius 2 is 2.27 bits per heavy atom. The van der Waals surface area contributed by atoms with Crippen molar-refractivity contribution in [2.75, 3.05) is 0 Å². The molecule has 1 aromatic carbocycles. The van der Waals surface area contributed by atoms with Crippen LogP contribution in [-0.2, 0) is 17.6 Å². The van der Waals surface area contributed by atoms with Gasteiger partial charge >= 0.3 is 5.97 Å². The lowest BCUT2D eigenvalue weighted by atomic mass is 10.0. The van der Waals surface area contributed by atoms with Gasteiger partial charge in [0.2, 0.25) is 0 Å². The van der Waals surface area contributed by atoms with E-state index in [4.69, 9.17) is 10.4 Å². The zero-order valence-electron chi connectivity index (χ0n) is 8.32. The highest BCUT2D eigenvalue weighted by atomic mass is 32.1. The highest BCUT2D eigenvalue weighted by Crippen LogP contribution is 2.22. The Balaban J connectivity index is 3.25.